The van der Waals surface area contributed by atoms with Crippen molar-refractivity contribution in [3.8, 4) is 11.3 Å². The summed E-state index contributed by atoms with van der Waals surface area (Å²) in [4.78, 5) is 15.2. The average Bonchev–Trinajstić information content (AvgIpc) is 2.62. The number of aromatic nitrogens is 1. The van der Waals surface area contributed by atoms with Gasteiger partial charge in [0.1, 0.15) is 0 Å². The lowest BCUT2D eigenvalue weighted by molar-refractivity contribution is 1.30. The summed E-state index contributed by atoms with van der Waals surface area (Å²) >= 11 is 4.75. The van der Waals surface area contributed by atoms with Crippen LogP contribution in [0.2, 0.25) is 0 Å². The zero-order chi connectivity index (χ0) is 9.71. The van der Waals surface area contributed by atoms with E-state index in [1.54, 1.807) is 0 Å². The molecule has 1 N–H and O–H groups in total. The number of rotatable bonds is 0. The summed E-state index contributed by atoms with van der Waals surface area (Å²) in [6.07, 6.45) is 0.890. The van der Waals surface area contributed by atoms with E-state index in [9.17, 15) is 4.79 Å². The summed E-state index contributed by atoms with van der Waals surface area (Å²) in [6.45, 7) is 0. The lowest BCUT2D eigenvalue weighted by Crippen LogP contribution is -1.93. The zero-order valence-electron chi connectivity index (χ0n) is 7.13. The summed E-state index contributed by atoms with van der Waals surface area (Å²) in [7, 11) is 0. The number of hydrogen-bond donors (Lipinski definition) is 1. The van der Waals surface area contributed by atoms with Crippen molar-refractivity contribution in [3.63, 3.8) is 0 Å². The van der Waals surface area contributed by atoms with Crippen LogP contribution in [0.25, 0.3) is 11.3 Å². The minimum Gasteiger partial charge on any atom is -0.312 e. The molecule has 0 aliphatic heterocycles. The summed E-state index contributed by atoms with van der Waals surface area (Å²) < 4.78 is 1.05. The first-order valence-electron chi connectivity index (χ1n) is 4.25. The third-order valence-corrected chi connectivity index (χ3v) is 3.79. The van der Waals surface area contributed by atoms with Gasteiger partial charge in [0.15, 0.2) is 0 Å². The molecule has 1 heterocycles. The SMILES string of the molecule is O=c1[nH]c2c(s1)Cc1ccc(Br)cc1-2. The Labute approximate surface area is 92.7 Å². The molecule has 14 heavy (non-hydrogen) atoms. The molecule has 0 saturated carbocycles. The van der Waals surface area contributed by atoms with Crippen molar-refractivity contribution < 1.29 is 0 Å². The molecule has 3 rings (SSSR count). The molecule has 1 aliphatic carbocycles. The number of halogens is 1. The van der Waals surface area contributed by atoms with Gasteiger partial charge in [-0.2, -0.15) is 0 Å². The second kappa shape index (κ2) is 2.81. The fourth-order valence-electron chi connectivity index (χ4n) is 1.81. The molecule has 0 amide bonds. The number of hydrogen-bond acceptors (Lipinski definition) is 2. The highest BCUT2D eigenvalue weighted by Gasteiger charge is 2.21. The highest BCUT2D eigenvalue weighted by Crippen LogP contribution is 2.37. The minimum atomic E-state index is 0.0422. The number of benzene rings is 1. The fraction of sp³-hybridized carbons (Fsp3) is 0.100. The monoisotopic (exact) mass is 267 g/mol. The Bertz CT molecular complexity index is 570. The summed E-state index contributed by atoms with van der Waals surface area (Å²) in [5, 5.41) is 0. The molecule has 0 unspecified atom stereocenters. The quantitative estimate of drug-likeness (QED) is 0.668. The smallest absolute Gasteiger partial charge is 0.305 e. The van der Waals surface area contributed by atoms with Gasteiger partial charge in [-0.1, -0.05) is 33.3 Å². The summed E-state index contributed by atoms with van der Waals surface area (Å²) in [6, 6.07) is 6.20. The van der Waals surface area contributed by atoms with Gasteiger partial charge in [-0.3, -0.25) is 4.79 Å². The normalized spacial score (nSPS) is 12.6. The van der Waals surface area contributed by atoms with E-state index in [2.05, 4.69) is 33.0 Å². The topological polar surface area (TPSA) is 32.9 Å². The molecule has 0 bridgehead atoms. The second-order valence-electron chi connectivity index (χ2n) is 3.29. The third-order valence-electron chi connectivity index (χ3n) is 2.41. The van der Waals surface area contributed by atoms with Gasteiger partial charge >= 0.3 is 4.87 Å². The third kappa shape index (κ3) is 1.11. The second-order valence-corrected chi connectivity index (χ2v) is 5.27. The maximum absolute atomic E-state index is 11.1. The van der Waals surface area contributed by atoms with Crippen molar-refractivity contribution in [3.05, 3.63) is 42.8 Å². The molecule has 1 aromatic heterocycles. The largest absolute Gasteiger partial charge is 0.312 e. The number of nitrogens with one attached hydrogen (secondary N) is 1. The number of thiazole rings is 1. The molecule has 1 aliphatic rings. The van der Waals surface area contributed by atoms with Gasteiger partial charge in [-0.15, -0.1) is 0 Å². The number of H-pyrrole nitrogens is 1. The molecular formula is C10H6BrNOS. The van der Waals surface area contributed by atoms with Crippen molar-refractivity contribution >= 4 is 27.3 Å². The standard InChI is InChI=1S/C10H6BrNOS/c11-6-2-1-5-3-8-9(7(5)4-6)12-10(13)14-8/h1-2,4H,3H2,(H,12,13). The summed E-state index contributed by atoms with van der Waals surface area (Å²) in [5.74, 6) is 0. The average molecular weight is 268 g/mol. The van der Waals surface area contributed by atoms with Crippen LogP contribution in [0.15, 0.2) is 27.5 Å². The van der Waals surface area contributed by atoms with Crippen LogP contribution in [0.4, 0.5) is 0 Å². The summed E-state index contributed by atoms with van der Waals surface area (Å²) in [5.41, 5.74) is 3.47. The van der Waals surface area contributed by atoms with Crippen LogP contribution in [0, 0.1) is 0 Å². The van der Waals surface area contributed by atoms with Crippen LogP contribution in [0.1, 0.15) is 10.4 Å². The first-order valence-corrected chi connectivity index (χ1v) is 5.86. The van der Waals surface area contributed by atoms with E-state index in [0.29, 0.717) is 0 Å². The lowest BCUT2D eigenvalue weighted by Gasteiger charge is -1.98. The van der Waals surface area contributed by atoms with Gasteiger partial charge in [0.25, 0.3) is 0 Å². The Morgan fingerprint density at radius 2 is 2.29 bits per heavy atom. The van der Waals surface area contributed by atoms with Crippen molar-refractivity contribution in [2.24, 2.45) is 0 Å². The van der Waals surface area contributed by atoms with Gasteiger partial charge in [-0.05, 0) is 17.7 Å². The van der Waals surface area contributed by atoms with E-state index in [0.717, 1.165) is 27.0 Å². The van der Waals surface area contributed by atoms with Gasteiger partial charge in [0.05, 0.1) is 5.69 Å². The van der Waals surface area contributed by atoms with Crippen LogP contribution < -0.4 is 4.87 Å². The van der Waals surface area contributed by atoms with Crippen molar-refractivity contribution in [1.82, 2.24) is 4.98 Å². The highest BCUT2D eigenvalue weighted by molar-refractivity contribution is 9.10. The van der Waals surface area contributed by atoms with Crippen molar-refractivity contribution in [2.45, 2.75) is 6.42 Å². The van der Waals surface area contributed by atoms with E-state index >= 15 is 0 Å². The Kier molecular flexibility index (Phi) is 1.69. The zero-order valence-corrected chi connectivity index (χ0v) is 9.54. The van der Waals surface area contributed by atoms with Crippen LogP contribution in [0.3, 0.4) is 0 Å². The molecule has 0 fully saturated rings. The maximum Gasteiger partial charge on any atom is 0.305 e. The van der Waals surface area contributed by atoms with E-state index < -0.39 is 0 Å². The molecule has 2 nitrogen and oxygen atoms in total. The first-order chi connectivity index (χ1) is 6.74. The molecule has 0 saturated heterocycles. The predicted molar refractivity (Wildman–Crippen MR) is 60.9 cm³/mol. The highest BCUT2D eigenvalue weighted by atomic mass is 79.9. The Morgan fingerprint density at radius 3 is 3.14 bits per heavy atom. The molecule has 0 radical (unpaired) electrons. The first kappa shape index (κ1) is 8.44. The van der Waals surface area contributed by atoms with Gasteiger partial charge in [-0.25, -0.2) is 0 Å². The molecule has 4 heteroatoms. The van der Waals surface area contributed by atoms with Gasteiger partial charge < -0.3 is 4.98 Å². The van der Waals surface area contributed by atoms with Crippen molar-refractivity contribution in [2.75, 3.05) is 0 Å². The van der Waals surface area contributed by atoms with Gasteiger partial charge in [0.2, 0.25) is 0 Å². The number of fused-ring (bicyclic) bond motifs is 3. The maximum atomic E-state index is 11.1. The van der Waals surface area contributed by atoms with Crippen LogP contribution in [-0.2, 0) is 6.42 Å². The molecular weight excluding hydrogens is 262 g/mol. The van der Waals surface area contributed by atoms with Crippen LogP contribution in [0.5, 0.6) is 0 Å². The van der Waals surface area contributed by atoms with Crippen molar-refractivity contribution in [1.29, 1.82) is 0 Å². The lowest BCUT2D eigenvalue weighted by atomic mass is 10.1. The van der Waals surface area contributed by atoms with Crippen LogP contribution >= 0.6 is 27.3 Å². The molecule has 0 atom stereocenters. The number of aromatic amines is 1. The van der Waals surface area contributed by atoms with E-state index in [1.807, 2.05) is 6.07 Å². The molecule has 70 valence electrons. The Morgan fingerprint density at radius 1 is 1.43 bits per heavy atom. The van der Waals surface area contributed by atoms with Gasteiger partial charge in [0, 0.05) is 21.3 Å². The minimum absolute atomic E-state index is 0.0422. The molecule has 0 spiro atoms. The van der Waals surface area contributed by atoms with E-state index in [4.69, 9.17) is 0 Å². The molecule has 2 aromatic rings. The Hall–Kier alpha value is -0.870. The predicted octanol–water partition coefficient (Wildman–Crippen LogP) is 2.77. The van der Waals surface area contributed by atoms with E-state index in [-0.39, 0.29) is 4.87 Å². The molecule has 1 aromatic carbocycles. The van der Waals surface area contributed by atoms with Crippen LogP contribution in [-0.4, -0.2) is 4.98 Å². The fourth-order valence-corrected chi connectivity index (χ4v) is 3.04. The van der Waals surface area contributed by atoms with E-state index in [1.165, 1.54) is 16.9 Å². The Balaban J connectivity index is 2.33.